The molecule has 3 rings (SSSR count). The number of nitrogens with one attached hydrogen (secondary N) is 1. The summed E-state index contributed by atoms with van der Waals surface area (Å²) in [5.74, 6) is 1.39. The van der Waals surface area contributed by atoms with Gasteiger partial charge in [0.2, 0.25) is 5.91 Å². The van der Waals surface area contributed by atoms with E-state index in [1.165, 1.54) is 23.1 Å². The minimum atomic E-state index is -0.346. The zero-order valence-corrected chi connectivity index (χ0v) is 18.4. The molecular formula is C19H20ClN5O2S2. The Bertz CT molecular complexity index is 991. The normalized spacial score (nSPS) is 11.8. The number of carbonyl (C=O) groups is 1. The summed E-state index contributed by atoms with van der Waals surface area (Å²) >= 11 is 8.75. The molecule has 1 aromatic carbocycles. The number of rotatable bonds is 9. The molecule has 0 saturated carbocycles. The molecule has 0 spiro atoms. The lowest BCUT2D eigenvalue weighted by Gasteiger charge is -2.16. The number of aryl methyl sites for hydroxylation is 1. The number of hydrogen-bond acceptors (Lipinski definition) is 7. The van der Waals surface area contributed by atoms with Crippen LogP contribution in [0.1, 0.15) is 24.4 Å². The van der Waals surface area contributed by atoms with E-state index < -0.39 is 0 Å². The van der Waals surface area contributed by atoms with Gasteiger partial charge in [0.05, 0.1) is 5.75 Å². The highest BCUT2D eigenvalue weighted by atomic mass is 35.5. The third kappa shape index (κ3) is 5.59. The maximum Gasteiger partial charge on any atom is 0.236 e. The lowest BCUT2D eigenvalue weighted by molar-refractivity contribution is -0.113. The number of ether oxygens (including phenoxy) is 1. The van der Waals surface area contributed by atoms with Gasteiger partial charge in [-0.25, -0.2) is 4.98 Å². The Morgan fingerprint density at radius 2 is 2.31 bits per heavy atom. The SMILES string of the molecule is C=CCn1c(SCC(=O)Nc2nccs2)nnc1C(C)Oc1ccc(Cl)c(C)c1. The predicted octanol–water partition coefficient (Wildman–Crippen LogP) is 4.75. The second kappa shape index (κ2) is 9.91. The number of anilines is 1. The number of carbonyl (C=O) groups excluding carboxylic acids is 1. The first-order valence-corrected chi connectivity index (χ1v) is 11.0. The fourth-order valence-corrected chi connectivity index (χ4v) is 3.94. The maximum atomic E-state index is 12.1. The Hall–Kier alpha value is -2.36. The molecule has 0 saturated heterocycles. The van der Waals surface area contributed by atoms with Crippen LogP contribution in [0.25, 0.3) is 0 Å². The summed E-state index contributed by atoms with van der Waals surface area (Å²) in [7, 11) is 0. The first-order valence-electron chi connectivity index (χ1n) is 8.77. The average molecular weight is 450 g/mol. The molecule has 1 atom stereocenters. The van der Waals surface area contributed by atoms with Crippen molar-refractivity contribution in [3.05, 3.63) is 58.8 Å². The third-order valence-electron chi connectivity index (χ3n) is 3.87. The smallest absolute Gasteiger partial charge is 0.236 e. The predicted molar refractivity (Wildman–Crippen MR) is 117 cm³/mol. The molecule has 0 aliphatic rings. The molecule has 0 fully saturated rings. The zero-order valence-electron chi connectivity index (χ0n) is 16.0. The quantitative estimate of drug-likeness (QED) is 0.375. The van der Waals surface area contributed by atoms with Gasteiger partial charge in [-0.3, -0.25) is 9.36 Å². The van der Waals surface area contributed by atoms with Crippen molar-refractivity contribution < 1.29 is 9.53 Å². The molecule has 2 heterocycles. The summed E-state index contributed by atoms with van der Waals surface area (Å²) in [6, 6.07) is 5.50. The number of allylic oxidation sites excluding steroid dienone is 1. The molecule has 0 aliphatic heterocycles. The van der Waals surface area contributed by atoms with Crippen LogP contribution in [-0.4, -0.2) is 31.4 Å². The first kappa shape index (κ1) is 21.4. The van der Waals surface area contributed by atoms with E-state index in [1.54, 1.807) is 23.7 Å². The van der Waals surface area contributed by atoms with Crippen LogP contribution in [0.2, 0.25) is 5.02 Å². The van der Waals surface area contributed by atoms with Crippen molar-refractivity contribution in [3.63, 3.8) is 0 Å². The molecule has 3 aromatic rings. The van der Waals surface area contributed by atoms with Crippen LogP contribution >= 0.6 is 34.7 Å². The number of benzene rings is 1. The summed E-state index contributed by atoms with van der Waals surface area (Å²) in [6.07, 6.45) is 3.05. The van der Waals surface area contributed by atoms with Crippen LogP contribution in [0.3, 0.4) is 0 Å². The molecule has 2 aromatic heterocycles. The summed E-state index contributed by atoms with van der Waals surface area (Å²) in [5.41, 5.74) is 0.936. The fraction of sp³-hybridized carbons (Fsp3) is 0.263. The van der Waals surface area contributed by atoms with Gasteiger partial charge in [-0.05, 0) is 37.6 Å². The number of amides is 1. The van der Waals surface area contributed by atoms with Gasteiger partial charge < -0.3 is 10.1 Å². The highest BCUT2D eigenvalue weighted by Gasteiger charge is 2.20. The minimum absolute atomic E-state index is 0.152. The summed E-state index contributed by atoms with van der Waals surface area (Å²) in [6.45, 7) is 8.13. The first-order chi connectivity index (χ1) is 14.0. The van der Waals surface area contributed by atoms with Gasteiger partial charge in [0, 0.05) is 23.1 Å². The van der Waals surface area contributed by atoms with Crippen molar-refractivity contribution in [2.45, 2.75) is 31.7 Å². The highest BCUT2D eigenvalue weighted by molar-refractivity contribution is 7.99. The lowest BCUT2D eigenvalue weighted by Crippen LogP contribution is -2.15. The number of nitrogens with zero attached hydrogens (tertiary/aromatic N) is 4. The van der Waals surface area contributed by atoms with Gasteiger partial charge in [0.25, 0.3) is 0 Å². The number of hydrogen-bond donors (Lipinski definition) is 1. The van der Waals surface area contributed by atoms with E-state index in [4.69, 9.17) is 16.3 Å². The second-order valence-electron chi connectivity index (χ2n) is 6.09. The number of halogens is 1. The fourth-order valence-electron chi connectivity index (χ4n) is 2.53. The van der Waals surface area contributed by atoms with Gasteiger partial charge in [-0.15, -0.1) is 28.1 Å². The van der Waals surface area contributed by atoms with Crippen LogP contribution in [0.5, 0.6) is 5.75 Å². The van der Waals surface area contributed by atoms with E-state index in [-0.39, 0.29) is 17.8 Å². The molecule has 29 heavy (non-hydrogen) atoms. The van der Waals surface area contributed by atoms with Crippen molar-refractivity contribution in [1.29, 1.82) is 0 Å². The molecule has 7 nitrogen and oxygen atoms in total. The Morgan fingerprint density at radius 1 is 1.48 bits per heavy atom. The van der Waals surface area contributed by atoms with Gasteiger partial charge in [0.15, 0.2) is 22.2 Å². The number of thioether (sulfide) groups is 1. The molecule has 1 unspecified atom stereocenters. The van der Waals surface area contributed by atoms with Gasteiger partial charge in [0.1, 0.15) is 5.75 Å². The monoisotopic (exact) mass is 449 g/mol. The van der Waals surface area contributed by atoms with Crippen molar-refractivity contribution in [3.8, 4) is 5.75 Å². The van der Waals surface area contributed by atoms with Crippen LogP contribution < -0.4 is 10.1 Å². The summed E-state index contributed by atoms with van der Waals surface area (Å²) in [5, 5.41) is 14.9. The van der Waals surface area contributed by atoms with Crippen molar-refractivity contribution in [2.24, 2.45) is 0 Å². The van der Waals surface area contributed by atoms with Crippen LogP contribution in [0, 0.1) is 6.92 Å². The van der Waals surface area contributed by atoms with Crippen LogP contribution in [-0.2, 0) is 11.3 Å². The molecular weight excluding hydrogens is 430 g/mol. The van der Waals surface area contributed by atoms with Gasteiger partial charge >= 0.3 is 0 Å². The average Bonchev–Trinajstić information content (AvgIpc) is 3.33. The molecule has 10 heteroatoms. The molecule has 1 amide bonds. The largest absolute Gasteiger partial charge is 0.483 e. The topological polar surface area (TPSA) is 81.9 Å². The summed E-state index contributed by atoms with van der Waals surface area (Å²) in [4.78, 5) is 16.2. The van der Waals surface area contributed by atoms with E-state index >= 15 is 0 Å². The van der Waals surface area contributed by atoms with E-state index in [1.807, 2.05) is 30.5 Å². The van der Waals surface area contributed by atoms with Crippen LogP contribution in [0.4, 0.5) is 5.13 Å². The maximum absolute atomic E-state index is 12.1. The van der Waals surface area contributed by atoms with Crippen molar-refractivity contribution in [2.75, 3.05) is 11.1 Å². The standard InChI is InChI=1S/C19H20ClN5O2S2/c1-4-8-25-17(13(3)27-14-5-6-15(20)12(2)10-14)23-24-19(25)29-11-16(26)22-18-21-7-9-28-18/h4-7,9-10,13H,1,8,11H2,2-3H3,(H,21,22,26). The molecule has 0 aliphatic carbocycles. The van der Waals surface area contributed by atoms with E-state index in [9.17, 15) is 4.79 Å². The Labute approximate surface area is 182 Å². The Balaban J connectivity index is 1.69. The number of thiazole rings is 1. The third-order valence-corrected chi connectivity index (χ3v) is 5.95. The van der Waals surface area contributed by atoms with Crippen molar-refractivity contribution in [1.82, 2.24) is 19.7 Å². The van der Waals surface area contributed by atoms with Crippen molar-refractivity contribution >= 4 is 45.7 Å². The van der Waals surface area contributed by atoms with E-state index in [2.05, 4.69) is 27.1 Å². The molecule has 152 valence electrons. The van der Waals surface area contributed by atoms with E-state index in [0.717, 1.165) is 5.56 Å². The Morgan fingerprint density at radius 3 is 3.00 bits per heavy atom. The zero-order chi connectivity index (χ0) is 20.8. The van der Waals surface area contributed by atoms with Gasteiger partial charge in [-0.1, -0.05) is 29.4 Å². The van der Waals surface area contributed by atoms with E-state index in [0.29, 0.717) is 33.4 Å². The minimum Gasteiger partial charge on any atom is -0.483 e. The van der Waals surface area contributed by atoms with Gasteiger partial charge in [-0.2, -0.15) is 0 Å². The second-order valence-corrected chi connectivity index (χ2v) is 8.33. The molecule has 1 N–H and O–H groups in total. The number of aromatic nitrogens is 4. The summed E-state index contributed by atoms with van der Waals surface area (Å²) < 4.78 is 7.91. The lowest BCUT2D eigenvalue weighted by atomic mass is 10.2. The highest BCUT2D eigenvalue weighted by Crippen LogP contribution is 2.27. The van der Waals surface area contributed by atoms with Crippen LogP contribution in [0.15, 0.2) is 47.6 Å². The molecule has 0 bridgehead atoms. The molecule has 0 radical (unpaired) electrons. The Kier molecular flexibility index (Phi) is 7.29.